The Kier molecular flexibility index (Phi) is 6.58. The maximum absolute atomic E-state index is 14.6. The van der Waals surface area contributed by atoms with E-state index in [-0.39, 0.29) is 27.7 Å². The summed E-state index contributed by atoms with van der Waals surface area (Å²) >= 11 is 5.74. The van der Waals surface area contributed by atoms with Crippen molar-refractivity contribution in [1.82, 2.24) is 10.3 Å². The van der Waals surface area contributed by atoms with Crippen LogP contribution in [0.15, 0.2) is 36.5 Å². The number of rotatable bonds is 5. The number of nitrogens with zero attached hydrogens (tertiary/aromatic N) is 1. The average Bonchev–Trinajstić information content (AvgIpc) is 2.67. The smallest absolute Gasteiger partial charge is 0.345 e. The molecule has 2 aromatic carbocycles. The maximum Gasteiger partial charge on any atom is 0.417 e. The number of pyridine rings is 1. The van der Waals surface area contributed by atoms with E-state index in [4.69, 9.17) is 11.6 Å². The molecule has 6 nitrogen and oxygen atoms in total. The van der Waals surface area contributed by atoms with Crippen LogP contribution in [0.2, 0.25) is 5.02 Å². The van der Waals surface area contributed by atoms with Crippen molar-refractivity contribution in [2.45, 2.75) is 26.1 Å². The quantitative estimate of drug-likeness (QED) is 0.467. The van der Waals surface area contributed by atoms with E-state index in [1.807, 2.05) is 0 Å². The van der Waals surface area contributed by atoms with E-state index in [1.54, 1.807) is 6.92 Å². The molecule has 3 aromatic rings. The minimum absolute atomic E-state index is 0.00644. The minimum Gasteiger partial charge on any atom is -0.345 e. The first-order chi connectivity index (χ1) is 15.2. The molecule has 1 unspecified atom stereocenters. The van der Waals surface area contributed by atoms with Crippen molar-refractivity contribution in [3.63, 3.8) is 0 Å². The number of nitrogens with one attached hydrogen (secondary N) is 2. The number of carbonyl (C=O) groups is 1. The van der Waals surface area contributed by atoms with Crippen molar-refractivity contribution < 1.29 is 30.8 Å². The number of aromatic nitrogens is 1. The summed E-state index contributed by atoms with van der Waals surface area (Å²) in [6.07, 6.45) is -2.60. The minimum atomic E-state index is -4.65. The lowest BCUT2D eigenvalue weighted by atomic mass is 10.0. The lowest BCUT2D eigenvalue weighted by molar-refractivity contribution is -0.137. The average molecular weight is 504 g/mol. The molecular weight excluding hydrogens is 486 g/mol. The fraction of sp³-hybridized carbons (Fsp3) is 0.238. The molecule has 3 rings (SSSR count). The molecule has 0 radical (unpaired) electrons. The van der Waals surface area contributed by atoms with Crippen LogP contribution in [0.25, 0.3) is 10.9 Å². The Hall–Kier alpha value is -2.92. The predicted molar refractivity (Wildman–Crippen MR) is 117 cm³/mol. The topological polar surface area (TPSA) is 88.2 Å². The number of alkyl halides is 3. The largest absolute Gasteiger partial charge is 0.417 e. The van der Waals surface area contributed by atoms with Gasteiger partial charge in [-0.2, -0.15) is 13.2 Å². The second kappa shape index (κ2) is 8.79. The van der Waals surface area contributed by atoms with E-state index in [1.165, 1.54) is 19.1 Å². The second-order valence-electron chi connectivity index (χ2n) is 7.50. The Labute approximate surface area is 192 Å². The summed E-state index contributed by atoms with van der Waals surface area (Å²) in [5.41, 5.74) is -0.350. The number of aryl methyl sites for hydroxylation is 1. The normalized spacial score (nSPS) is 13.1. The molecule has 12 heteroatoms. The molecule has 1 amide bonds. The molecule has 0 aliphatic heterocycles. The first-order valence-electron chi connectivity index (χ1n) is 9.41. The number of anilines is 1. The molecule has 0 bridgehead atoms. The summed E-state index contributed by atoms with van der Waals surface area (Å²) in [4.78, 5) is 16.6. The Morgan fingerprint density at radius 2 is 1.82 bits per heavy atom. The van der Waals surface area contributed by atoms with Crippen molar-refractivity contribution in [2.75, 3.05) is 11.0 Å². The first-order valence-corrected chi connectivity index (χ1v) is 11.7. The van der Waals surface area contributed by atoms with E-state index in [0.29, 0.717) is 5.56 Å². The van der Waals surface area contributed by atoms with Gasteiger partial charge in [0.15, 0.2) is 0 Å². The highest BCUT2D eigenvalue weighted by molar-refractivity contribution is 7.92. The second-order valence-corrected chi connectivity index (χ2v) is 9.66. The van der Waals surface area contributed by atoms with Gasteiger partial charge in [-0.3, -0.25) is 14.5 Å². The number of amides is 1. The van der Waals surface area contributed by atoms with Crippen LogP contribution in [0.3, 0.4) is 0 Å². The van der Waals surface area contributed by atoms with E-state index in [9.17, 15) is 30.8 Å². The Morgan fingerprint density at radius 1 is 1.15 bits per heavy atom. The number of hydrogen-bond acceptors (Lipinski definition) is 4. The summed E-state index contributed by atoms with van der Waals surface area (Å²) in [7, 11) is -3.60. The van der Waals surface area contributed by atoms with E-state index in [0.717, 1.165) is 30.7 Å². The fourth-order valence-electron chi connectivity index (χ4n) is 3.19. The molecule has 33 heavy (non-hydrogen) atoms. The number of hydrogen-bond donors (Lipinski definition) is 2. The molecule has 0 spiro atoms. The summed E-state index contributed by atoms with van der Waals surface area (Å²) in [6, 6.07) is 4.82. The third-order valence-corrected chi connectivity index (χ3v) is 5.69. The molecule has 176 valence electrons. The van der Waals surface area contributed by atoms with Gasteiger partial charge in [-0.15, -0.1) is 0 Å². The number of halogens is 5. The number of fused-ring (bicyclic) bond motifs is 1. The zero-order chi connectivity index (χ0) is 24.7. The highest BCUT2D eigenvalue weighted by Gasteiger charge is 2.33. The first kappa shape index (κ1) is 24.7. The highest BCUT2D eigenvalue weighted by Crippen LogP contribution is 2.36. The van der Waals surface area contributed by atoms with Crippen molar-refractivity contribution >= 4 is 44.1 Å². The molecule has 0 aliphatic carbocycles. The van der Waals surface area contributed by atoms with Gasteiger partial charge in [0.25, 0.3) is 5.91 Å². The lowest BCUT2D eigenvalue weighted by Gasteiger charge is -2.18. The van der Waals surface area contributed by atoms with Gasteiger partial charge in [-0.25, -0.2) is 12.8 Å². The van der Waals surface area contributed by atoms with Crippen molar-refractivity contribution in [3.05, 3.63) is 69.6 Å². The van der Waals surface area contributed by atoms with Crippen molar-refractivity contribution in [1.29, 1.82) is 0 Å². The molecule has 1 aromatic heterocycles. The molecule has 0 fully saturated rings. The highest BCUT2D eigenvalue weighted by atomic mass is 35.5. The maximum atomic E-state index is 14.6. The fourth-order valence-corrected chi connectivity index (χ4v) is 4.09. The number of sulfonamides is 1. The van der Waals surface area contributed by atoms with E-state index >= 15 is 0 Å². The van der Waals surface area contributed by atoms with Gasteiger partial charge in [0.1, 0.15) is 5.82 Å². The molecule has 1 atom stereocenters. The van der Waals surface area contributed by atoms with Gasteiger partial charge in [0.2, 0.25) is 10.0 Å². The third-order valence-electron chi connectivity index (χ3n) is 4.79. The predicted octanol–water partition coefficient (Wildman–Crippen LogP) is 5.22. The van der Waals surface area contributed by atoms with Crippen molar-refractivity contribution in [3.8, 4) is 0 Å². The van der Waals surface area contributed by atoms with Gasteiger partial charge in [-0.05, 0) is 49.7 Å². The van der Waals surface area contributed by atoms with Crippen LogP contribution >= 0.6 is 11.6 Å². The van der Waals surface area contributed by atoms with Gasteiger partial charge in [0.05, 0.1) is 39.7 Å². The molecule has 1 heterocycles. The lowest BCUT2D eigenvalue weighted by Crippen LogP contribution is -2.27. The summed E-state index contributed by atoms with van der Waals surface area (Å²) < 4.78 is 78.7. The van der Waals surface area contributed by atoms with E-state index in [2.05, 4.69) is 15.0 Å². The molecule has 0 saturated heterocycles. The standard InChI is InChI=1S/C21H18ClF4N3O3S/c1-10-4-14(17(23)8-18(10)29-33(3,31)32)11(2)28-20(30)13-5-12-6-16(22)15(21(24,25)26)7-19(12)27-9-13/h4-9,11,29H,1-3H3,(H,28,30). The Bertz CT molecular complexity index is 1360. The van der Waals surface area contributed by atoms with Gasteiger partial charge >= 0.3 is 6.18 Å². The third kappa shape index (κ3) is 5.72. The molecule has 0 saturated carbocycles. The number of carbonyl (C=O) groups excluding carboxylic acids is 1. The van der Waals surface area contributed by atoms with Gasteiger partial charge in [0, 0.05) is 17.1 Å². The zero-order valence-corrected chi connectivity index (χ0v) is 19.1. The summed E-state index contributed by atoms with van der Waals surface area (Å²) in [5, 5.41) is 2.30. The van der Waals surface area contributed by atoms with Crippen molar-refractivity contribution in [2.24, 2.45) is 0 Å². The van der Waals surface area contributed by atoms with Crippen LogP contribution < -0.4 is 10.0 Å². The van der Waals surface area contributed by atoms with Gasteiger partial charge in [-0.1, -0.05) is 11.6 Å². The number of benzene rings is 2. The van der Waals surface area contributed by atoms with Crippen LogP contribution in [-0.4, -0.2) is 25.6 Å². The van der Waals surface area contributed by atoms with Crippen LogP contribution in [0.5, 0.6) is 0 Å². The Balaban J connectivity index is 1.85. The molecule has 0 aliphatic rings. The van der Waals surface area contributed by atoms with Crippen LogP contribution in [0, 0.1) is 12.7 Å². The summed E-state index contributed by atoms with van der Waals surface area (Å²) in [6.45, 7) is 3.11. The Morgan fingerprint density at radius 3 is 2.42 bits per heavy atom. The molecular formula is C21H18ClF4N3O3S. The zero-order valence-electron chi connectivity index (χ0n) is 17.5. The van der Waals surface area contributed by atoms with Crippen LogP contribution in [0.4, 0.5) is 23.2 Å². The van der Waals surface area contributed by atoms with E-state index < -0.39 is 44.6 Å². The monoisotopic (exact) mass is 503 g/mol. The van der Waals surface area contributed by atoms with Crippen LogP contribution in [-0.2, 0) is 16.2 Å². The summed E-state index contributed by atoms with van der Waals surface area (Å²) in [5.74, 6) is -1.37. The van der Waals surface area contributed by atoms with Crippen LogP contribution in [0.1, 0.15) is 40.0 Å². The van der Waals surface area contributed by atoms with Gasteiger partial charge < -0.3 is 5.32 Å². The molecule has 2 N–H and O–H groups in total. The SMILES string of the molecule is Cc1cc(C(C)NC(=O)c2cnc3cc(C(F)(F)F)c(Cl)cc3c2)c(F)cc1NS(C)(=O)=O.